The molecule has 1 atom stereocenters. The molecule has 0 N–H and O–H groups in total. The first-order valence-electron chi connectivity index (χ1n) is 9.48. The van der Waals surface area contributed by atoms with Gasteiger partial charge in [-0.2, -0.15) is 5.10 Å². The van der Waals surface area contributed by atoms with E-state index in [1.165, 1.54) is 11.8 Å². The molecule has 146 valence electrons. The third-order valence-corrected chi connectivity index (χ3v) is 5.72. The van der Waals surface area contributed by atoms with Crippen LogP contribution in [-0.4, -0.2) is 34.5 Å². The molecule has 1 saturated heterocycles. The van der Waals surface area contributed by atoms with Crippen molar-refractivity contribution in [3.05, 3.63) is 65.7 Å². The largest absolute Gasteiger partial charge is 0.497 e. The third-order valence-electron chi connectivity index (χ3n) is 4.49. The topological polar surface area (TPSA) is 54.3 Å². The molecular weight excluding hydrogens is 370 g/mol. The summed E-state index contributed by atoms with van der Waals surface area (Å²) in [5.74, 6) is 0.913. The van der Waals surface area contributed by atoms with Crippen LogP contribution in [0.2, 0.25) is 0 Å². The van der Waals surface area contributed by atoms with Crippen molar-refractivity contribution < 1.29 is 9.53 Å². The summed E-state index contributed by atoms with van der Waals surface area (Å²) in [6.45, 7) is 2.62. The molecule has 2 aromatic carbocycles. The van der Waals surface area contributed by atoms with E-state index in [-0.39, 0.29) is 11.2 Å². The number of carbonyl (C=O) groups is 1. The Hall–Kier alpha value is -2.60. The van der Waals surface area contributed by atoms with E-state index in [1.54, 1.807) is 18.2 Å². The van der Waals surface area contributed by atoms with E-state index in [9.17, 15) is 4.79 Å². The quantitative estimate of drug-likeness (QED) is 0.480. The highest BCUT2D eigenvalue weighted by molar-refractivity contribution is 8.15. The van der Waals surface area contributed by atoms with E-state index >= 15 is 0 Å². The fourth-order valence-electron chi connectivity index (χ4n) is 2.90. The molecule has 0 saturated carbocycles. The zero-order valence-electron chi connectivity index (χ0n) is 16.2. The maximum absolute atomic E-state index is 12.9. The zero-order chi connectivity index (χ0) is 19.8. The lowest BCUT2D eigenvalue weighted by molar-refractivity contribution is -0.126. The minimum atomic E-state index is -0.0797. The van der Waals surface area contributed by atoms with Gasteiger partial charge >= 0.3 is 0 Å². The molecule has 0 bridgehead atoms. The Balaban J connectivity index is 1.78. The maximum Gasteiger partial charge on any atom is 0.242 e. The second kappa shape index (κ2) is 10.1. The van der Waals surface area contributed by atoms with Gasteiger partial charge in [0.15, 0.2) is 5.17 Å². The number of rotatable bonds is 8. The molecule has 0 spiro atoms. The minimum absolute atomic E-state index is 0.0797. The van der Waals surface area contributed by atoms with Gasteiger partial charge in [0.2, 0.25) is 5.91 Å². The number of amidine groups is 1. The van der Waals surface area contributed by atoms with Crippen molar-refractivity contribution in [2.45, 2.75) is 38.0 Å². The van der Waals surface area contributed by atoms with Crippen LogP contribution in [0.25, 0.3) is 0 Å². The number of methoxy groups -OCH3 is 1. The van der Waals surface area contributed by atoms with Crippen LogP contribution < -0.4 is 4.74 Å². The summed E-state index contributed by atoms with van der Waals surface area (Å²) < 4.78 is 5.21. The van der Waals surface area contributed by atoms with Crippen LogP contribution in [0.4, 0.5) is 0 Å². The van der Waals surface area contributed by atoms with Crippen LogP contribution in [0.15, 0.2) is 64.8 Å². The van der Waals surface area contributed by atoms with Crippen molar-refractivity contribution in [1.29, 1.82) is 0 Å². The van der Waals surface area contributed by atoms with Gasteiger partial charge in [-0.1, -0.05) is 74.0 Å². The SMILES string of the molecule is CCCC[C@@H]1S/C(=N\N=C/c2ccccc2)N(Cc2ccc(OC)cc2)C1=O. The second-order valence-corrected chi connectivity index (χ2v) is 7.73. The van der Waals surface area contributed by atoms with Crippen LogP contribution in [-0.2, 0) is 11.3 Å². The number of hydrogen-bond acceptors (Lipinski definition) is 5. The summed E-state index contributed by atoms with van der Waals surface area (Å²) in [7, 11) is 1.64. The number of amides is 1. The van der Waals surface area contributed by atoms with Gasteiger partial charge in [0.05, 0.1) is 25.1 Å². The zero-order valence-corrected chi connectivity index (χ0v) is 17.1. The molecule has 2 aromatic rings. The first-order valence-corrected chi connectivity index (χ1v) is 10.4. The average Bonchev–Trinajstić information content (AvgIpc) is 3.02. The molecule has 5 nitrogen and oxygen atoms in total. The molecule has 3 rings (SSSR count). The van der Waals surface area contributed by atoms with Crippen molar-refractivity contribution in [2.24, 2.45) is 10.2 Å². The molecule has 0 aliphatic carbocycles. The van der Waals surface area contributed by atoms with Gasteiger partial charge in [-0.05, 0) is 29.7 Å². The summed E-state index contributed by atoms with van der Waals surface area (Å²) in [6.07, 6.45) is 4.67. The van der Waals surface area contributed by atoms with Crippen molar-refractivity contribution in [2.75, 3.05) is 7.11 Å². The Morgan fingerprint density at radius 1 is 1.14 bits per heavy atom. The van der Waals surface area contributed by atoms with Crippen LogP contribution >= 0.6 is 11.8 Å². The second-order valence-electron chi connectivity index (χ2n) is 6.56. The summed E-state index contributed by atoms with van der Waals surface area (Å²) >= 11 is 1.52. The van der Waals surface area contributed by atoms with Crippen molar-refractivity contribution in [3.8, 4) is 5.75 Å². The normalized spacial score (nSPS) is 18.4. The van der Waals surface area contributed by atoms with Crippen LogP contribution in [0.5, 0.6) is 5.75 Å². The Bertz CT molecular complexity index is 835. The van der Waals surface area contributed by atoms with Gasteiger partial charge in [0.1, 0.15) is 5.75 Å². The highest BCUT2D eigenvalue weighted by Gasteiger charge is 2.37. The molecular formula is C22H25N3O2S. The number of thioether (sulfide) groups is 1. The van der Waals surface area contributed by atoms with E-state index in [2.05, 4.69) is 17.1 Å². The van der Waals surface area contributed by atoms with Gasteiger partial charge in [0, 0.05) is 0 Å². The number of ether oxygens (including phenoxy) is 1. The van der Waals surface area contributed by atoms with Gasteiger partial charge in [0.25, 0.3) is 0 Å². The maximum atomic E-state index is 12.9. The summed E-state index contributed by atoms with van der Waals surface area (Å²) in [4.78, 5) is 14.7. The van der Waals surface area contributed by atoms with Gasteiger partial charge in [-0.25, -0.2) is 0 Å². The Morgan fingerprint density at radius 3 is 2.57 bits per heavy atom. The lowest BCUT2D eigenvalue weighted by Crippen LogP contribution is -2.31. The van der Waals surface area contributed by atoms with E-state index in [0.29, 0.717) is 11.7 Å². The number of nitrogens with zero attached hydrogens (tertiary/aromatic N) is 3. The minimum Gasteiger partial charge on any atom is -0.497 e. The Labute approximate surface area is 170 Å². The van der Waals surface area contributed by atoms with E-state index in [1.807, 2.05) is 54.6 Å². The van der Waals surface area contributed by atoms with Crippen molar-refractivity contribution in [3.63, 3.8) is 0 Å². The summed E-state index contributed by atoms with van der Waals surface area (Å²) in [5.41, 5.74) is 2.01. The molecule has 0 unspecified atom stereocenters. The van der Waals surface area contributed by atoms with Crippen molar-refractivity contribution >= 4 is 29.1 Å². The molecule has 1 heterocycles. The molecule has 0 radical (unpaired) electrons. The highest BCUT2D eigenvalue weighted by Crippen LogP contribution is 2.32. The van der Waals surface area contributed by atoms with Crippen LogP contribution in [0.1, 0.15) is 37.3 Å². The molecule has 1 amide bonds. The predicted molar refractivity (Wildman–Crippen MR) is 116 cm³/mol. The molecule has 1 aliphatic heterocycles. The first kappa shape index (κ1) is 20.1. The van der Waals surface area contributed by atoms with E-state index < -0.39 is 0 Å². The van der Waals surface area contributed by atoms with Crippen molar-refractivity contribution in [1.82, 2.24) is 4.90 Å². The molecule has 28 heavy (non-hydrogen) atoms. The highest BCUT2D eigenvalue weighted by atomic mass is 32.2. The summed E-state index contributed by atoms with van der Waals surface area (Å²) in [6, 6.07) is 17.6. The lowest BCUT2D eigenvalue weighted by Gasteiger charge is -2.16. The average molecular weight is 396 g/mol. The monoisotopic (exact) mass is 395 g/mol. The summed E-state index contributed by atoms with van der Waals surface area (Å²) in [5, 5.41) is 9.17. The van der Waals surface area contributed by atoms with Crippen LogP contribution in [0, 0.1) is 0 Å². The molecule has 1 aliphatic rings. The van der Waals surface area contributed by atoms with Gasteiger partial charge < -0.3 is 4.74 Å². The number of carbonyl (C=O) groups excluding carboxylic acids is 1. The van der Waals surface area contributed by atoms with Crippen LogP contribution in [0.3, 0.4) is 0 Å². The lowest BCUT2D eigenvalue weighted by atomic mass is 10.1. The number of hydrogen-bond donors (Lipinski definition) is 0. The Kier molecular flexibility index (Phi) is 7.25. The van der Waals surface area contributed by atoms with Gasteiger partial charge in [-0.3, -0.25) is 9.69 Å². The fraction of sp³-hybridized carbons (Fsp3) is 0.318. The Morgan fingerprint density at radius 2 is 1.89 bits per heavy atom. The number of unbranched alkanes of at least 4 members (excludes halogenated alkanes) is 1. The first-order chi connectivity index (χ1) is 13.7. The fourth-order valence-corrected chi connectivity index (χ4v) is 4.05. The smallest absolute Gasteiger partial charge is 0.242 e. The third kappa shape index (κ3) is 5.23. The number of benzene rings is 2. The van der Waals surface area contributed by atoms with Gasteiger partial charge in [-0.15, -0.1) is 5.10 Å². The predicted octanol–water partition coefficient (Wildman–Crippen LogP) is 4.72. The molecule has 0 aromatic heterocycles. The standard InChI is InChI=1S/C22H25N3O2S/c1-3-4-10-20-21(26)25(16-18-11-13-19(27-2)14-12-18)22(28-20)24-23-15-17-8-6-5-7-9-17/h5-9,11-15,20H,3-4,10,16H2,1-2H3/b23-15-,24-22-/t20-/m0/s1. The molecule has 6 heteroatoms. The molecule has 1 fully saturated rings. The van der Waals surface area contributed by atoms with E-state index in [4.69, 9.17) is 4.74 Å². The van der Waals surface area contributed by atoms with E-state index in [0.717, 1.165) is 36.1 Å².